The normalized spacial score (nSPS) is 10.6. The highest BCUT2D eigenvalue weighted by molar-refractivity contribution is 5.91. The third-order valence-electron chi connectivity index (χ3n) is 5.46. The average Bonchev–Trinajstić information content (AvgIpc) is 3.35. The van der Waals surface area contributed by atoms with Gasteiger partial charge in [0, 0.05) is 17.7 Å². The van der Waals surface area contributed by atoms with E-state index in [1.807, 2.05) is 24.3 Å². The Morgan fingerprint density at radius 3 is 2.17 bits per heavy atom. The average molecular weight is 485 g/mol. The van der Waals surface area contributed by atoms with Crippen LogP contribution in [0.25, 0.3) is 16.9 Å². The number of nitro benzene ring substituents is 1. The molecule has 0 spiro atoms. The Balaban J connectivity index is 1.61. The molecule has 9 nitrogen and oxygen atoms in total. The summed E-state index contributed by atoms with van der Waals surface area (Å²) in [4.78, 5) is 35.2. The fraction of sp³-hybridized carbons (Fsp3) is 0.148. The number of nitro groups is 1. The summed E-state index contributed by atoms with van der Waals surface area (Å²) in [6.07, 6.45) is 0.908. The van der Waals surface area contributed by atoms with Crippen LogP contribution in [0.3, 0.4) is 0 Å². The molecule has 1 aromatic heterocycles. The molecule has 182 valence electrons. The summed E-state index contributed by atoms with van der Waals surface area (Å²) in [5.41, 5.74) is 3.75. The number of hydrogen-bond acceptors (Lipinski definition) is 7. The molecule has 0 fully saturated rings. The zero-order chi connectivity index (χ0) is 25.7. The molecule has 0 unspecified atom stereocenters. The van der Waals surface area contributed by atoms with Gasteiger partial charge in [0.1, 0.15) is 5.75 Å². The van der Waals surface area contributed by atoms with Crippen molar-refractivity contribution in [3.8, 4) is 22.7 Å². The van der Waals surface area contributed by atoms with Crippen LogP contribution in [0, 0.1) is 10.1 Å². The van der Waals surface area contributed by atoms with Gasteiger partial charge in [-0.05, 0) is 61.4 Å². The van der Waals surface area contributed by atoms with Gasteiger partial charge in [0.25, 0.3) is 5.69 Å². The van der Waals surface area contributed by atoms with E-state index in [2.05, 4.69) is 12.0 Å². The van der Waals surface area contributed by atoms with Crippen molar-refractivity contribution in [3.05, 3.63) is 106 Å². The van der Waals surface area contributed by atoms with E-state index in [1.54, 1.807) is 41.9 Å². The maximum absolute atomic E-state index is 12.6. The highest BCUT2D eigenvalue weighted by Gasteiger charge is 2.18. The number of nitrogens with zero attached hydrogens (tertiary/aromatic N) is 3. The summed E-state index contributed by atoms with van der Waals surface area (Å²) in [5, 5.41) is 15.2. The van der Waals surface area contributed by atoms with E-state index in [0.29, 0.717) is 11.4 Å². The Morgan fingerprint density at radius 2 is 1.58 bits per heavy atom. The number of esters is 2. The van der Waals surface area contributed by atoms with Crippen LogP contribution in [-0.2, 0) is 11.2 Å². The van der Waals surface area contributed by atoms with E-state index >= 15 is 0 Å². The fourth-order valence-corrected chi connectivity index (χ4v) is 3.54. The number of rotatable bonds is 8. The van der Waals surface area contributed by atoms with Gasteiger partial charge in [-0.2, -0.15) is 5.10 Å². The molecule has 0 bridgehead atoms. The Kier molecular flexibility index (Phi) is 7.20. The third-order valence-corrected chi connectivity index (χ3v) is 5.46. The van der Waals surface area contributed by atoms with E-state index in [0.717, 1.165) is 12.0 Å². The minimum absolute atomic E-state index is 0.0966. The van der Waals surface area contributed by atoms with Crippen molar-refractivity contribution in [2.45, 2.75) is 20.3 Å². The van der Waals surface area contributed by atoms with Crippen molar-refractivity contribution in [2.24, 2.45) is 0 Å². The molecule has 36 heavy (non-hydrogen) atoms. The second-order valence-corrected chi connectivity index (χ2v) is 7.78. The predicted octanol–water partition coefficient (Wildman–Crippen LogP) is 5.41. The van der Waals surface area contributed by atoms with Crippen molar-refractivity contribution in [2.75, 3.05) is 6.61 Å². The molecule has 0 saturated heterocycles. The largest absolute Gasteiger partial charge is 0.461 e. The van der Waals surface area contributed by atoms with Gasteiger partial charge in [-0.1, -0.05) is 31.2 Å². The van der Waals surface area contributed by atoms with Crippen LogP contribution in [0.15, 0.2) is 78.9 Å². The van der Waals surface area contributed by atoms with Crippen LogP contribution >= 0.6 is 0 Å². The van der Waals surface area contributed by atoms with Gasteiger partial charge in [0.15, 0.2) is 5.69 Å². The van der Waals surface area contributed by atoms with E-state index < -0.39 is 16.9 Å². The fourth-order valence-electron chi connectivity index (χ4n) is 3.54. The van der Waals surface area contributed by atoms with Crippen molar-refractivity contribution in [1.29, 1.82) is 0 Å². The van der Waals surface area contributed by atoms with Crippen molar-refractivity contribution in [1.82, 2.24) is 9.78 Å². The van der Waals surface area contributed by atoms with Gasteiger partial charge < -0.3 is 9.47 Å². The zero-order valence-electron chi connectivity index (χ0n) is 19.7. The maximum atomic E-state index is 12.6. The molecule has 0 amide bonds. The lowest BCUT2D eigenvalue weighted by molar-refractivity contribution is -0.384. The lowest BCUT2D eigenvalue weighted by atomic mass is 10.1. The Bertz CT molecular complexity index is 1390. The van der Waals surface area contributed by atoms with Crippen molar-refractivity contribution >= 4 is 17.6 Å². The number of aryl methyl sites for hydroxylation is 1. The zero-order valence-corrected chi connectivity index (χ0v) is 19.7. The van der Waals surface area contributed by atoms with Gasteiger partial charge in [-0.25, -0.2) is 14.3 Å². The van der Waals surface area contributed by atoms with Gasteiger partial charge >= 0.3 is 11.9 Å². The monoisotopic (exact) mass is 485 g/mol. The van der Waals surface area contributed by atoms with Crippen LogP contribution < -0.4 is 4.74 Å². The number of aromatic nitrogens is 2. The lowest BCUT2D eigenvalue weighted by Crippen LogP contribution is -2.09. The van der Waals surface area contributed by atoms with Crippen LogP contribution in [0.1, 0.15) is 40.3 Å². The van der Waals surface area contributed by atoms with Crippen molar-refractivity contribution in [3.63, 3.8) is 0 Å². The molecule has 0 aliphatic carbocycles. The highest BCUT2D eigenvalue weighted by Crippen LogP contribution is 2.26. The molecule has 0 radical (unpaired) electrons. The molecule has 9 heteroatoms. The molecule has 3 aromatic carbocycles. The minimum atomic E-state index is -0.613. The highest BCUT2D eigenvalue weighted by atomic mass is 16.6. The molecule has 1 heterocycles. The summed E-state index contributed by atoms with van der Waals surface area (Å²) in [5.74, 6) is -0.942. The summed E-state index contributed by atoms with van der Waals surface area (Å²) in [7, 11) is 0. The Labute approximate surface area is 207 Å². The number of ether oxygens (including phenoxy) is 2. The first-order valence-electron chi connectivity index (χ1n) is 11.3. The first kappa shape index (κ1) is 24.3. The van der Waals surface area contributed by atoms with Gasteiger partial charge in [-0.3, -0.25) is 10.1 Å². The first-order valence-corrected chi connectivity index (χ1v) is 11.3. The number of hydrogen-bond donors (Lipinski definition) is 0. The summed E-state index contributed by atoms with van der Waals surface area (Å²) in [6, 6.07) is 21.5. The minimum Gasteiger partial charge on any atom is -0.461 e. The topological polar surface area (TPSA) is 114 Å². The van der Waals surface area contributed by atoms with E-state index in [9.17, 15) is 19.7 Å². The number of benzene rings is 3. The lowest BCUT2D eigenvalue weighted by Gasteiger charge is -2.09. The second-order valence-electron chi connectivity index (χ2n) is 7.78. The van der Waals surface area contributed by atoms with Gasteiger partial charge in [-0.15, -0.1) is 0 Å². The Morgan fingerprint density at radius 1 is 0.917 bits per heavy atom. The van der Waals surface area contributed by atoms with Crippen LogP contribution in [0.5, 0.6) is 5.75 Å². The van der Waals surface area contributed by atoms with E-state index in [4.69, 9.17) is 9.47 Å². The SMILES string of the molecule is CCOC(=O)c1cc(-c2ccc(CC)cc2)n(-c2ccc(C(=O)Oc3ccc([N+](=O)[O-])cc3)cc2)n1. The maximum Gasteiger partial charge on any atom is 0.358 e. The van der Waals surface area contributed by atoms with Crippen LogP contribution in [0.2, 0.25) is 0 Å². The van der Waals surface area contributed by atoms with Crippen LogP contribution in [-0.4, -0.2) is 33.2 Å². The standard InChI is InChI=1S/C27H23N3O6/c1-3-18-5-7-19(8-6-18)25-17-24(27(32)35-4-2)28-29(25)21-11-9-20(10-12-21)26(31)36-23-15-13-22(14-16-23)30(33)34/h5-17H,3-4H2,1-2H3. The molecule has 0 saturated carbocycles. The van der Waals surface area contributed by atoms with Crippen LogP contribution in [0.4, 0.5) is 5.69 Å². The summed E-state index contributed by atoms with van der Waals surface area (Å²) < 4.78 is 12.1. The van der Waals surface area contributed by atoms with E-state index in [1.165, 1.54) is 29.8 Å². The molecular formula is C27H23N3O6. The molecule has 4 rings (SSSR count). The number of carbonyl (C=O) groups excluding carboxylic acids is 2. The molecule has 0 aliphatic heterocycles. The number of non-ortho nitro benzene ring substituents is 1. The molecular weight excluding hydrogens is 462 g/mol. The van der Waals surface area contributed by atoms with E-state index in [-0.39, 0.29) is 29.3 Å². The molecule has 0 aliphatic rings. The van der Waals surface area contributed by atoms with Gasteiger partial charge in [0.05, 0.1) is 28.5 Å². The molecule has 4 aromatic rings. The summed E-state index contributed by atoms with van der Waals surface area (Å²) >= 11 is 0. The van der Waals surface area contributed by atoms with Gasteiger partial charge in [0.2, 0.25) is 0 Å². The molecule has 0 N–H and O–H groups in total. The van der Waals surface area contributed by atoms with Crippen molar-refractivity contribution < 1.29 is 24.0 Å². The first-order chi connectivity index (χ1) is 17.4. The molecule has 0 atom stereocenters. The smallest absolute Gasteiger partial charge is 0.358 e. The summed E-state index contributed by atoms with van der Waals surface area (Å²) in [6.45, 7) is 4.04. The Hall–Kier alpha value is -4.79. The second kappa shape index (κ2) is 10.6. The number of carbonyl (C=O) groups is 2. The quantitative estimate of drug-likeness (QED) is 0.142. The third kappa shape index (κ3) is 5.30. The predicted molar refractivity (Wildman–Crippen MR) is 132 cm³/mol.